The van der Waals surface area contributed by atoms with Crippen LogP contribution in [-0.2, 0) is 9.30 Å². The number of hydrogen-bond donors (Lipinski definition) is 3. The fourth-order valence-electron chi connectivity index (χ4n) is 3.84. The van der Waals surface area contributed by atoms with Crippen LogP contribution in [0.4, 0.5) is 10.1 Å². The average molecular weight is 564 g/mol. The molecule has 0 radical (unpaired) electrons. The first-order valence-corrected chi connectivity index (χ1v) is 14.2. The van der Waals surface area contributed by atoms with Gasteiger partial charge in [-0.25, -0.2) is 9.97 Å². The third-order valence-corrected chi connectivity index (χ3v) is 7.03. The third kappa shape index (κ3) is 5.97. The van der Waals surface area contributed by atoms with Crippen LogP contribution in [0, 0.1) is 5.95 Å². The van der Waals surface area contributed by atoms with Crippen molar-refractivity contribution in [3.8, 4) is 22.0 Å². The van der Waals surface area contributed by atoms with Crippen LogP contribution in [0.15, 0.2) is 42.2 Å². The molecule has 3 N–H and O–H groups in total. The Morgan fingerprint density at radius 3 is 2.84 bits per heavy atom. The molecule has 13 nitrogen and oxygen atoms in total. The van der Waals surface area contributed by atoms with E-state index in [4.69, 9.17) is 19.4 Å². The van der Waals surface area contributed by atoms with Gasteiger partial charge in [0.2, 0.25) is 12.3 Å². The number of aromatic nitrogens is 6. The molecule has 200 valence electrons. The van der Waals surface area contributed by atoms with Crippen molar-refractivity contribution in [2.75, 3.05) is 18.3 Å². The van der Waals surface area contributed by atoms with E-state index in [2.05, 4.69) is 25.5 Å². The van der Waals surface area contributed by atoms with Crippen molar-refractivity contribution < 1.29 is 33.1 Å². The van der Waals surface area contributed by atoms with Gasteiger partial charge in [-0.05, 0) is 31.9 Å². The fourth-order valence-corrected chi connectivity index (χ4v) is 4.89. The zero-order valence-electron chi connectivity index (χ0n) is 20.0. The molecule has 1 fully saturated rings. The predicted octanol–water partition coefficient (Wildman–Crippen LogP) is 2.96. The molecule has 4 aromatic rings. The van der Waals surface area contributed by atoms with Crippen LogP contribution >= 0.6 is 18.9 Å². The third-order valence-electron chi connectivity index (χ3n) is 5.69. The number of ether oxygens (including phenoxy) is 1. The number of rotatable bonds is 10. The molecule has 1 aliphatic carbocycles. The Balaban J connectivity index is 1.33. The van der Waals surface area contributed by atoms with E-state index in [-0.39, 0.29) is 23.5 Å². The summed E-state index contributed by atoms with van der Waals surface area (Å²) in [5.74, 6) is -1.17. The van der Waals surface area contributed by atoms with Gasteiger partial charge in [-0.2, -0.15) is 9.49 Å². The second-order valence-electron chi connectivity index (χ2n) is 8.47. The van der Waals surface area contributed by atoms with Crippen molar-refractivity contribution >= 4 is 30.5 Å². The van der Waals surface area contributed by atoms with Crippen molar-refractivity contribution in [3.05, 3.63) is 53.8 Å². The van der Waals surface area contributed by atoms with E-state index in [1.165, 1.54) is 35.9 Å². The Morgan fingerprint density at radius 2 is 2.11 bits per heavy atom. The lowest BCUT2D eigenvalue weighted by atomic mass is 9.89. The molecule has 5 rings (SSSR count). The highest BCUT2D eigenvalue weighted by atomic mass is 32.1. The second kappa shape index (κ2) is 10.7. The monoisotopic (exact) mass is 563 g/mol. The van der Waals surface area contributed by atoms with Crippen molar-refractivity contribution in [1.82, 2.24) is 29.7 Å². The summed E-state index contributed by atoms with van der Waals surface area (Å²) >= 11 is 1.18. The minimum atomic E-state index is -4.36. The highest BCUT2D eigenvalue weighted by Crippen LogP contribution is 2.37. The quantitative estimate of drug-likeness (QED) is 0.193. The lowest BCUT2D eigenvalue weighted by molar-refractivity contribution is -0.0226. The van der Waals surface area contributed by atoms with Crippen LogP contribution < -0.4 is 10.2 Å². The number of amides is 1. The maximum Gasteiger partial charge on any atom is 0.365 e. The molecule has 0 saturated heterocycles. The van der Waals surface area contributed by atoms with Crippen molar-refractivity contribution in [1.29, 1.82) is 0 Å². The van der Waals surface area contributed by atoms with E-state index in [0.717, 1.165) is 17.7 Å². The molecule has 16 heteroatoms. The average Bonchev–Trinajstić information content (AvgIpc) is 3.59. The van der Waals surface area contributed by atoms with Gasteiger partial charge in [0.15, 0.2) is 0 Å². The first-order valence-electron chi connectivity index (χ1n) is 11.5. The molecule has 0 unspecified atom stereocenters. The van der Waals surface area contributed by atoms with Gasteiger partial charge >= 0.3 is 7.60 Å². The van der Waals surface area contributed by atoms with Gasteiger partial charge in [-0.15, -0.1) is 21.3 Å². The van der Waals surface area contributed by atoms with Crippen LogP contribution in [0.2, 0.25) is 0 Å². The Morgan fingerprint density at radius 1 is 1.29 bits per heavy atom. The summed E-state index contributed by atoms with van der Waals surface area (Å²) in [4.78, 5) is 45.0. The summed E-state index contributed by atoms with van der Waals surface area (Å²) in [7, 11) is -4.36. The van der Waals surface area contributed by atoms with Gasteiger partial charge in [-0.3, -0.25) is 14.0 Å². The molecular weight excluding hydrogens is 540 g/mol. The van der Waals surface area contributed by atoms with Gasteiger partial charge in [0.05, 0.1) is 41.5 Å². The normalized spacial score (nSPS) is 17.3. The van der Waals surface area contributed by atoms with E-state index in [9.17, 15) is 13.8 Å². The van der Waals surface area contributed by atoms with Crippen molar-refractivity contribution in [3.63, 3.8) is 0 Å². The Hall–Kier alpha value is -3.49. The smallest absolute Gasteiger partial charge is 0.365 e. The second-order valence-corrected chi connectivity index (χ2v) is 10.9. The number of anilines is 1. The minimum Gasteiger partial charge on any atom is -0.384 e. The minimum absolute atomic E-state index is 0.0831. The first-order chi connectivity index (χ1) is 18.2. The van der Waals surface area contributed by atoms with E-state index in [1.54, 1.807) is 22.3 Å². The fraction of sp³-hybridized carbons (Fsp3) is 0.318. The summed E-state index contributed by atoms with van der Waals surface area (Å²) < 4.78 is 32.2. The van der Waals surface area contributed by atoms with Crippen LogP contribution in [0.25, 0.3) is 22.0 Å². The Labute approximate surface area is 219 Å². The summed E-state index contributed by atoms with van der Waals surface area (Å²) in [5, 5.41) is 13.3. The molecule has 0 aromatic carbocycles. The SMILES string of the molecule is CCO[C@H]1C[C@@H](n2cc(NC(=O)c3csc(-c4cnn(OCP(=O)(O)O)c4)n3)c(-c3cccc(F)n3)n2)C1. The standard InChI is InChI=1S/C22H23FN7O6PS/c1-2-35-15-6-14(7-15)29-10-17(20(28-29)16-4-3-5-19(23)25-16)26-21(31)18-11-38-22(27-18)13-8-24-30(9-13)36-12-37(32,33)34/h3-5,8-11,14-15H,2,6-7,12H2,1H3,(H,26,31)(H2,32,33,34)/t14-,15+. The summed E-state index contributed by atoms with van der Waals surface area (Å²) in [5.41, 5.74) is 1.59. The van der Waals surface area contributed by atoms with E-state index < -0.39 is 25.8 Å². The number of nitrogens with zero attached hydrogens (tertiary/aromatic N) is 6. The molecule has 0 bridgehead atoms. The van der Waals surface area contributed by atoms with Gasteiger partial charge in [-0.1, -0.05) is 6.07 Å². The molecule has 1 saturated carbocycles. The summed E-state index contributed by atoms with van der Waals surface area (Å²) in [6, 6.07) is 4.45. The van der Waals surface area contributed by atoms with Gasteiger partial charge in [0, 0.05) is 18.2 Å². The zero-order valence-corrected chi connectivity index (χ0v) is 21.7. The maximum absolute atomic E-state index is 13.9. The summed E-state index contributed by atoms with van der Waals surface area (Å²) in [6.07, 6.45) is 5.36. The molecule has 0 spiro atoms. The summed E-state index contributed by atoms with van der Waals surface area (Å²) in [6.45, 7) is 2.58. The molecule has 4 aromatic heterocycles. The number of thiazole rings is 1. The number of carbonyl (C=O) groups is 1. The highest BCUT2D eigenvalue weighted by molar-refractivity contribution is 7.51. The van der Waals surface area contributed by atoms with Crippen molar-refractivity contribution in [2.24, 2.45) is 0 Å². The number of hydrogen-bond acceptors (Lipinski definition) is 9. The van der Waals surface area contributed by atoms with Crippen LogP contribution in [0.5, 0.6) is 0 Å². The number of nitrogens with one attached hydrogen (secondary N) is 1. The molecule has 1 aliphatic rings. The zero-order chi connectivity index (χ0) is 26.9. The number of carbonyl (C=O) groups excluding carboxylic acids is 1. The maximum atomic E-state index is 13.9. The topological polar surface area (TPSA) is 167 Å². The molecule has 38 heavy (non-hydrogen) atoms. The number of halogens is 1. The molecular formula is C22H23FN7O6PS. The molecule has 4 heterocycles. The van der Waals surface area contributed by atoms with E-state index in [0.29, 0.717) is 28.6 Å². The van der Waals surface area contributed by atoms with Gasteiger partial charge < -0.3 is 24.7 Å². The van der Waals surface area contributed by atoms with Gasteiger partial charge in [0.25, 0.3) is 5.91 Å². The molecule has 0 atom stereocenters. The largest absolute Gasteiger partial charge is 0.384 e. The van der Waals surface area contributed by atoms with Crippen molar-refractivity contribution in [2.45, 2.75) is 31.9 Å². The predicted molar refractivity (Wildman–Crippen MR) is 134 cm³/mol. The van der Waals surface area contributed by atoms with Crippen LogP contribution in [0.3, 0.4) is 0 Å². The van der Waals surface area contributed by atoms with E-state index in [1.807, 2.05) is 6.92 Å². The lowest BCUT2D eigenvalue weighted by Gasteiger charge is -2.34. The first kappa shape index (κ1) is 26.1. The van der Waals surface area contributed by atoms with Crippen LogP contribution in [-0.4, -0.2) is 64.4 Å². The molecule has 1 amide bonds. The lowest BCUT2D eigenvalue weighted by Crippen LogP contribution is -2.33. The van der Waals surface area contributed by atoms with E-state index >= 15 is 0 Å². The number of pyridine rings is 1. The van der Waals surface area contributed by atoms with Gasteiger partial charge in [0.1, 0.15) is 16.4 Å². The highest BCUT2D eigenvalue weighted by Gasteiger charge is 2.33. The van der Waals surface area contributed by atoms with Crippen LogP contribution in [0.1, 0.15) is 36.3 Å². The Kier molecular flexibility index (Phi) is 7.36. The Bertz CT molecular complexity index is 1490. The molecule has 0 aliphatic heterocycles.